The summed E-state index contributed by atoms with van der Waals surface area (Å²) < 4.78 is 18.5. The van der Waals surface area contributed by atoms with Crippen molar-refractivity contribution in [2.45, 2.75) is 6.92 Å². The van der Waals surface area contributed by atoms with Crippen LogP contribution in [0.1, 0.15) is 5.56 Å². The number of anilines is 1. The summed E-state index contributed by atoms with van der Waals surface area (Å²) in [5, 5.41) is 5.67. The molecule has 2 aromatic carbocycles. The van der Waals surface area contributed by atoms with E-state index in [0.717, 1.165) is 5.56 Å². The van der Waals surface area contributed by atoms with E-state index in [9.17, 15) is 9.18 Å². The maximum atomic E-state index is 13.0. The van der Waals surface area contributed by atoms with Gasteiger partial charge in [-0.3, -0.25) is 0 Å². The second-order valence-electron chi connectivity index (χ2n) is 4.67. The summed E-state index contributed by atoms with van der Waals surface area (Å²) in [6, 6.07) is 10.7. The molecule has 0 atom stereocenters. The average Bonchev–Trinajstić information content (AvgIpc) is 2.47. The number of carbonyl (C=O) groups excluding carboxylic acids is 1. The van der Waals surface area contributed by atoms with Gasteiger partial charge in [0.1, 0.15) is 18.2 Å². The summed E-state index contributed by atoms with van der Waals surface area (Å²) >= 11 is 6.00. The van der Waals surface area contributed by atoms with E-state index in [0.29, 0.717) is 23.0 Å². The molecule has 2 amide bonds. The number of halogens is 2. The molecule has 0 spiro atoms. The number of benzene rings is 2. The van der Waals surface area contributed by atoms with Crippen molar-refractivity contribution in [3.63, 3.8) is 0 Å². The van der Waals surface area contributed by atoms with Gasteiger partial charge >= 0.3 is 6.03 Å². The Balaban J connectivity index is 1.74. The Morgan fingerprint density at radius 3 is 2.86 bits per heavy atom. The number of aryl methyl sites for hydroxylation is 1. The van der Waals surface area contributed by atoms with Gasteiger partial charge < -0.3 is 15.4 Å². The Bertz CT molecular complexity index is 664. The summed E-state index contributed by atoms with van der Waals surface area (Å²) in [6.07, 6.45) is 0. The van der Waals surface area contributed by atoms with Gasteiger partial charge in [0.25, 0.3) is 0 Å². The minimum Gasteiger partial charge on any atom is -0.490 e. The third-order valence-electron chi connectivity index (χ3n) is 2.81. The van der Waals surface area contributed by atoms with Gasteiger partial charge in [0.2, 0.25) is 0 Å². The van der Waals surface area contributed by atoms with Crippen molar-refractivity contribution in [3.05, 3.63) is 58.9 Å². The maximum Gasteiger partial charge on any atom is 0.319 e. The van der Waals surface area contributed by atoms with E-state index in [1.807, 2.05) is 19.1 Å². The maximum absolute atomic E-state index is 13.0. The van der Waals surface area contributed by atoms with Crippen LogP contribution in [0.3, 0.4) is 0 Å². The van der Waals surface area contributed by atoms with Gasteiger partial charge in [-0.15, -0.1) is 0 Å². The van der Waals surface area contributed by atoms with Gasteiger partial charge in [0.15, 0.2) is 0 Å². The molecule has 0 saturated carbocycles. The molecule has 0 aliphatic heterocycles. The van der Waals surface area contributed by atoms with Crippen LogP contribution < -0.4 is 15.4 Å². The molecule has 0 aliphatic carbocycles. The minimum atomic E-state index is -0.426. The van der Waals surface area contributed by atoms with Crippen LogP contribution >= 0.6 is 11.6 Å². The number of carbonyl (C=O) groups is 1. The van der Waals surface area contributed by atoms with Gasteiger partial charge in [0.05, 0.1) is 11.6 Å². The van der Waals surface area contributed by atoms with Crippen molar-refractivity contribution in [1.82, 2.24) is 5.32 Å². The number of hydrogen-bond donors (Lipinski definition) is 2. The van der Waals surface area contributed by atoms with Gasteiger partial charge in [-0.2, -0.15) is 0 Å². The number of amides is 2. The number of hydrogen-bond acceptors (Lipinski definition) is 2. The molecule has 6 heteroatoms. The van der Waals surface area contributed by atoms with Gasteiger partial charge in [-0.05, 0) is 42.8 Å². The van der Waals surface area contributed by atoms with Crippen molar-refractivity contribution in [3.8, 4) is 5.75 Å². The van der Waals surface area contributed by atoms with E-state index < -0.39 is 11.8 Å². The van der Waals surface area contributed by atoms with Crippen LogP contribution in [0.25, 0.3) is 0 Å². The highest BCUT2D eigenvalue weighted by molar-refractivity contribution is 6.32. The summed E-state index contributed by atoms with van der Waals surface area (Å²) in [4.78, 5) is 11.6. The molecule has 116 valence electrons. The summed E-state index contributed by atoms with van der Waals surface area (Å²) in [5.41, 5.74) is 1.43. The Labute approximate surface area is 133 Å². The first-order valence-electron chi connectivity index (χ1n) is 6.74. The van der Waals surface area contributed by atoms with Gasteiger partial charge in [-0.25, -0.2) is 9.18 Å². The summed E-state index contributed by atoms with van der Waals surface area (Å²) in [7, 11) is 0. The average molecular weight is 323 g/mol. The molecule has 0 fully saturated rings. The molecule has 0 saturated heterocycles. The summed E-state index contributed by atoms with van der Waals surface area (Å²) in [6.45, 7) is 2.51. The quantitative estimate of drug-likeness (QED) is 0.818. The molecule has 0 radical (unpaired) electrons. The molecule has 0 bridgehead atoms. The second-order valence-corrected chi connectivity index (χ2v) is 5.08. The smallest absolute Gasteiger partial charge is 0.319 e. The number of nitrogens with one attached hydrogen (secondary N) is 2. The van der Waals surface area contributed by atoms with Crippen molar-refractivity contribution in [2.24, 2.45) is 0 Å². The predicted octanol–water partition coefficient (Wildman–Crippen LogP) is 3.99. The lowest BCUT2D eigenvalue weighted by Crippen LogP contribution is -2.32. The second kappa shape index (κ2) is 7.66. The number of ether oxygens (including phenoxy) is 1. The third kappa shape index (κ3) is 4.93. The van der Waals surface area contributed by atoms with E-state index in [4.69, 9.17) is 16.3 Å². The van der Waals surface area contributed by atoms with Crippen LogP contribution in [0, 0.1) is 12.7 Å². The minimum absolute atomic E-state index is 0.278. The van der Waals surface area contributed by atoms with Crippen LogP contribution in [-0.4, -0.2) is 19.2 Å². The summed E-state index contributed by atoms with van der Waals surface area (Å²) in [5.74, 6) is 0.171. The van der Waals surface area contributed by atoms with E-state index >= 15 is 0 Å². The van der Waals surface area contributed by atoms with Crippen LogP contribution in [0.5, 0.6) is 5.75 Å². The molecule has 0 aromatic heterocycles. The molecule has 0 aliphatic rings. The van der Waals surface area contributed by atoms with Crippen molar-refractivity contribution < 1.29 is 13.9 Å². The lowest BCUT2D eigenvalue weighted by atomic mass is 10.2. The lowest BCUT2D eigenvalue weighted by Gasteiger charge is -2.10. The molecular formula is C16H16ClFN2O2. The van der Waals surface area contributed by atoms with Crippen molar-refractivity contribution in [1.29, 1.82) is 0 Å². The topological polar surface area (TPSA) is 50.4 Å². The van der Waals surface area contributed by atoms with Crippen LogP contribution in [-0.2, 0) is 0 Å². The van der Waals surface area contributed by atoms with E-state index in [1.54, 1.807) is 12.1 Å². The van der Waals surface area contributed by atoms with Crippen LogP contribution in [0.4, 0.5) is 14.9 Å². The van der Waals surface area contributed by atoms with Gasteiger partial charge in [-0.1, -0.05) is 23.7 Å². The first kappa shape index (κ1) is 16.1. The highest BCUT2D eigenvalue weighted by Gasteiger charge is 2.04. The first-order valence-corrected chi connectivity index (χ1v) is 7.12. The molecule has 2 rings (SSSR count). The van der Waals surface area contributed by atoms with Gasteiger partial charge in [0, 0.05) is 5.69 Å². The monoisotopic (exact) mass is 322 g/mol. The van der Waals surface area contributed by atoms with Crippen molar-refractivity contribution >= 4 is 23.3 Å². The molecule has 0 unspecified atom stereocenters. The highest BCUT2D eigenvalue weighted by Crippen LogP contribution is 2.24. The third-order valence-corrected chi connectivity index (χ3v) is 3.13. The Morgan fingerprint density at radius 1 is 1.27 bits per heavy atom. The SMILES string of the molecule is Cc1ccc(Cl)c(OCCNC(=O)Nc2cccc(F)c2)c1. The molecule has 2 N–H and O–H groups in total. The van der Waals surface area contributed by atoms with Crippen LogP contribution in [0.15, 0.2) is 42.5 Å². The standard InChI is InChI=1S/C16H16ClFN2O2/c1-11-5-6-14(17)15(9-11)22-8-7-19-16(21)20-13-4-2-3-12(18)10-13/h2-6,9-10H,7-8H2,1H3,(H2,19,20,21). The fourth-order valence-electron chi connectivity index (χ4n) is 1.79. The van der Waals surface area contributed by atoms with E-state index in [-0.39, 0.29) is 6.61 Å². The van der Waals surface area contributed by atoms with E-state index in [2.05, 4.69) is 10.6 Å². The zero-order valence-electron chi connectivity index (χ0n) is 12.0. The van der Waals surface area contributed by atoms with Crippen molar-refractivity contribution in [2.75, 3.05) is 18.5 Å². The largest absolute Gasteiger partial charge is 0.490 e. The molecule has 4 nitrogen and oxygen atoms in total. The first-order chi connectivity index (χ1) is 10.5. The Hall–Kier alpha value is -2.27. The van der Waals surface area contributed by atoms with Crippen LogP contribution in [0.2, 0.25) is 5.02 Å². The highest BCUT2D eigenvalue weighted by atomic mass is 35.5. The Kier molecular flexibility index (Phi) is 5.61. The molecule has 22 heavy (non-hydrogen) atoms. The molecular weight excluding hydrogens is 307 g/mol. The zero-order valence-corrected chi connectivity index (χ0v) is 12.8. The number of urea groups is 1. The Morgan fingerprint density at radius 2 is 2.09 bits per heavy atom. The number of rotatable bonds is 5. The lowest BCUT2D eigenvalue weighted by molar-refractivity contribution is 0.247. The fourth-order valence-corrected chi connectivity index (χ4v) is 1.96. The zero-order chi connectivity index (χ0) is 15.9. The fraction of sp³-hybridized carbons (Fsp3) is 0.188. The predicted molar refractivity (Wildman–Crippen MR) is 85.1 cm³/mol. The molecule has 2 aromatic rings. The van der Waals surface area contributed by atoms with E-state index in [1.165, 1.54) is 18.2 Å². The normalized spacial score (nSPS) is 10.1. The molecule has 0 heterocycles.